The smallest absolute Gasteiger partial charge is 0.154 e. The van der Waals surface area contributed by atoms with Crippen molar-refractivity contribution in [1.82, 2.24) is 0 Å². The molecule has 0 amide bonds. The fourth-order valence-corrected chi connectivity index (χ4v) is 2.53. The molecule has 1 aromatic rings. The lowest BCUT2D eigenvalue weighted by Crippen LogP contribution is -2.11. The Hall–Kier alpha value is -0.480. The first-order valence-electron chi connectivity index (χ1n) is 5.33. The number of nitrogens with zero attached hydrogens (tertiary/aromatic N) is 1. The van der Waals surface area contributed by atoms with Crippen molar-refractivity contribution in [2.24, 2.45) is 10.7 Å². The van der Waals surface area contributed by atoms with E-state index in [2.05, 4.69) is 40.8 Å². The molecular formula is C12H17BrN2S. The van der Waals surface area contributed by atoms with E-state index in [9.17, 15) is 0 Å². The average molecular weight is 301 g/mol. The van der Waals surface area contributed by atoms with Crippen LogP contribution in [0.1, 0.15) is 25.8 Å². The molecule has 0 saturated heterocycles. The summed E-state index contributed by atoms with van der Waals surface area (Å²) in [6, 6.07) is 8.48. The molecule has 16 heavy (non-hydrogen) atoms. The second kappa shape index (κ2) is 6.97. The van der Waals surface area contributed by atoms with Crippen molar-refractivity contribution >= 4 is 32.9 Å². The van der Waals surface area contributed by atoms with Gasteiger partial charge in [-0.1, -0.05) is 52.8 Å². The molecule has 0 radical (unpaired) electrons. The Balaban J connectivity index is 2.52. The molecule has 0 aliphatic rings. The Labute approximate surface area is 110 Å². The normalized spacial score (nSPS) is 13.8. The van der Waals surface area contributed by atoms with Gasteiger partial charge in [0.25, 0.3) is 0 Å². The minimum absolute atomic E-state index is 0.312. The standard InChI is InChI=1S/C12H17BrN2S/c1-3-9(2)15-12(14)16-8-10-6-4-5-7-11(10)13/h4-7,9H,3,8H2,1-2H3,(H2,14,15)/t9-/m1/s1. The molecule has 0 saturated carbocycles. The number of aliphatic imine (C=N–C) groups is 1. The number of benzene rings is 1. The minimum atomic E-state index is 0.312. The molecule has 0 aromatic heterocycles. The molecule has 4 heteroatoms. The van der Waals surface area contributed by atoms with Crippen LogP contribution in [-0.2, 0) is 5.75 Å². The zero-order valence-corrected chi connectivity index (χ0v) is 12.0. The maximum Gasteiger partial charge on any atom is 0.154 e. The van der Waals surface area contributed by atoms with Crippen molar-refractivity contribution < 1.29 is 0 Å². The summed E-state index contributed by atoms with van der Waals surface area (Å²) in [4.78, 5) is 4.38. The highest BCUT2D eigenvalue weighted by atomic mass is 79.9. The fraction of sp³-hybridized carbons (Fsp3) is 0.417. The largest absolute Gasteiger partial charge is 0.379 e. The van der Waals surface area contributed by atoms with Crippen LogP contribution < -0.4 is 5.73 Å². The van der Waals surface area contributed by atoms with Crippen molar-refractivity contribution in [3.05, 3.63) is 34.3 Å². The summed E-state index contributed by atoms with van der Waals surface area (Å²) in [5.74, 6) is 0.854. The van der Waals surface area contributed by atoms with Gasteiger partial charge >= 0.3 is 0 Å². The zero-order chi connectivity index (χ0) is 12.0. The Bertz CT molecular complexity index is 366. The van der Waals surface area contributed by atoms with Crippen LogP contribution in [0.3, 0.4) is 0 Å². The van der Waals surface area contributed by atoms with Crippen molar-refractivity contribution in [2.45, 2.75) is 32.1 Å². The molecule has 1 aromatic carbocycles. The Morgan fingerprint density at radius 2 is 2.19 bits per heavy atom. The van der Waals surface area contributed by atoms with Crippen molar-refractivity contribution in [3.8, 4) is 0 Å². The number of nitrogens with two attached hydrogens (primary N) is 1. The number of rotatable bonds is 4. The van der Waals surface area contributed by atoms with E-state index in [0.29, 0.717) is 11.2 Å². The lowest BCUT2D eigenvalue weighted by molar-refractivity contribution is 0.718. The summed E-state index contributed by atoms with van der Waals surface area (Å²) in [6.07, 6.45) is 1.02. The monoisotopic (exact) mass is 300 g/mol. The number of amidine groups is 1. The predicted octanol–water partition coefficient (Wildman–Crippen LogP) is 3.80. The van der Waals surface area contributed by atoms with E-state index in [1.54, 1.807) is 11.8 Å². The van der Waals surface area contributed by atoms with E-state index in [4.69, 9.17) is 5.73 Å². The number of halogens is 1. The minimum Gasteiger partial charge on any atom is -0.379 e. The summed E-state index contributed by atoms with van der Waals surface area (Å²) < 4.78 is 1.12. The van der Waals surface area contributed by atoms with Crippen LogP contribution in [0.5, 0.6) is 0 Å². The first-order valence-corrected chi connectivity index (χ1v) is 7.10. The van der Waals surface area contributed by atoms with E-state index in [0.717, 1.165) is 16.6 Å². The van der Waals surface area contributed by atoms with Gasteiger partial charge in [0, 0.05) is 16.3 Å². The quantitative estimate of drug-likeness (QED) is 0.678. The Morgan fingerprint density at radius 3 is 2.81 bits per heavy atom. The number of hydrogen-bond acceptors (Lipinski definition) is 2. The molecule has 1 rings (SSSR count). The highest BCUT2D eigenvalue weighted by Gasteiger charge is 2.02. The zero-order valence-electron chi connectivity index (χ0n) is 9.61. The molecule has 2 N–H and O–H groups in total. The third kappa shape index (κ3) is 4.58. The van der Waals surface area contributed by atoms with Gasteiger partial charge in [-0.25, -0.2) is 0 Å². The van der Waals surface area contributed by atoms with E-state index in [1.165, 1.54) is 5.56 Å². The summed E-state index contributed by atoms with van der Waals surface area (Å²) in [5, 5.41) is 0.671. The molecule has 88 valence electrons. The molecule has 0 bridgehead atoms. The first-order chi connectivity index (χ1) is 7.63. The molecule has 0 heterocycles. The van der Waals surface area contributed by atoms with Crippen LogP contribution in [-0.4, -0.2) is 11.2 Å². The van der Waals surface area contributed by atoms with Crippen molar-refractivity contribution in [3.63, 3.8) is 0 Å². The summed E-state index contributed by atoms with van der Waals surface area (Å²) in [7, 11) is 0. The van der Waals surface area contributed by atoms with Gasteiger partial charge < -0.3 is 5.73 Å². The van der Waals surface area contributed by atoms with Gasteiger partial charge in [0.1, 0.15) is 0 Å². The second-order valence-corrected chi connectivity index (χ2v) is 5.45. The Kier molecular flexibility index (Phi) is 5.91. The van der Waals surface area contributed by atoms with E-state index < -0.39 is 0 Å². The molecule has 2 nitrogen and oxygen atoms in total. The topological polar surface area (TPSA) is 38.4 Å². The molecular weight excluding hydrogens is 284 g/mol. The van der Waals surface area contributed by atoms with Crippen LogP contribution >= 0.6 is 27.7 Å². The predicted molar refractivity (Wildman–Crippen MR) is 76.8 cm³/mol. The molecule has 0 aliphatic carbocycles. The summed E-state index contributed by atoms with van der Waals surface area (Å²) >= 11 is 5.10. The molecule has 0 spiro atoms. The fourth-order valence-electron chi connectivity index (χ4n) is 1.11. The van der Waals surface area contributed by atoms with E-state index in [1.807, 2.05) is 18.2 Å². The van der Waals surface area contributed by atoms with Gasteiger partial charge in [-0.3, -0.25) is 4.99 Å². The van der Waals surface area contributed by atoms with Gasteiger partial charge in [-0.2, -0.15) is 0 Å². The molecule has 0 unspecified atom stereocenters. The van der Waals surface area contributed by atoms with Gasteiger partial charge in [-0.05, 0) is 25.0 Å². The average Bonchev–Trinajstić information content (AvgIpc) is 2.28. The SMILES string of the molecule is CC[C@@H](C)N=C(N)SCc1ccccc1Br. The lowest BCUT2D eigenvalue weighted by Gasteiger charge is -2.06. The maximum atomic E-state index is 5.85. The van der Waals surface area contributed by atoms with Crippen molar-refractivity contribution in [1.29, 1.82) is 0 Å². The van der Waals surface area contributed by atoms with Gasteiger partial charge in [0.2, 0.25) is 0 Å². The number of thioether (sulfide) groups is 1. The molecule has 1 atom stereocenters. The summed E-state index contributed by atoms with van der Waals surface area (Å²) in [6.45, 7) is 4.19. The Morgan fingerprint density at radius 1 is 1.50 bits per heavy atom. The van der Waals surface area contributed by atoms with Crippen LogP contribution in [0.4, 0.5) is 0 Å². The van der Waals surface area contributed by atoms with E-state index in [-0.39, 0.29) is 0 Å². The van der Waals surface area contributed by atoms with Gasteiger partial charge in [-0.15, -0.1) is 0 Å². The summed E-state index contributed by atoms with van der Waals surface area (Å²) in [5.41, 5.74) is 7.09. The third-order valence-corrected chi connectivity index (χ3v) is 3.90. The van der Waals surface area contributed by atoms with Crippen LogP contribution in [0.25, 0.3) is 0 Å². The highest BCUT2D eigenvalue weighted by Crippen LogP contribution is 2.21. The van der Waals surface area contributed by atoms with Gasteiger partial charge in [0.15, 0.2) is 5.17 Å². The van der Waals surface area contributed by atoms with Gasteiger partial charge in [0.05, 0.1) is 0 Å². The van der Waals surface area contributed by atoms with Crippen LogP contribution in [0.2, 0.25) is 0 Å². The van der Waals surface area contributed by atoms with Crippen molar-refractivity contribution in [2.75, 3.05) is 0 Å². The second-order valence-electron chi connectivity index (χ2n) is 3.60. The third-order valence-electron chi connectivity index (χ3n) is 2.27. The van der Waals surface area contributed by atoms with Crippen LogP contribution in [0, 0.1) is 0 Å². The maximum absolute atomic E-state index is 5.85. The number of hydrogen-bond donors (Lipinski definition) is 1. The lowest BCUT2D eigenvalue weighted by atomic mass is 10.2. The van der Waals surface area contributed by atoms with Crippen LogP contribution in [0.15, 0.2) is 33.7 Å². The molecule has 0 aliphatic heterocycles. The first kappa shape index (κ1) is 13.6. The molecule has 0 fully saturated rings. The highest BCUT2D eigenvalue weighted by molar-refractivity contribution is 9.10. The van der Waals surface area contributed by atoms with E-state index >= 15 is 0 Å².